The fourth-order valence-electron chi connectivity index (χ4n) is 6.19. The molecule has 2 aromatic rings. The number of aliphatic imine (C=N–C) groups is 1. The van der Waals surface area contributed by atoms with Gasteiger partial charge in [0.15, 0.2) is 6.29 Å². The van der Waals surface area contributed by atoms with Crippen LogP contribution in [0.25, 0.3) is 0 Å². The van der Waals surface area contributed by atoms with Gasteiger partial charge in [-0.15, -0.1) is 0 Å². The highest BCUT2D eigenvalue weighted by Crippen LogP contribution is 2.54. The summed E-state index contributed by atoms with van der Waals surface area (Å²) in [6.45, 7) is 4.64. The molecule has 0 aromatic heterocycles. The Morgan fingerprint density at radius 1 is 1.12 bits per heavy atom. The van der Waals surface area contributed by atoms with Crippen LogP contribution in [0.5, 0.6) is 0 Å². The van der Waals surface area contributed by atoms with Crippen molar-refractivity contribution in [1.82, 2.24) is 0 Å². The molecule has 1 saturated carbocycles. The number of aldehydes is 1. The molecule has 2 aliphatic rings. The van der Waals surface area contributed by atoms with Crippen molar-refractivity contribution in [1.29, 1.82) is 0 Å². The standard InChI is InChI=1S/C29H37ClN2O2/c1-4-20(18-33)16-21(5-2)22-12-13-27-24(17-22)29(14-7-6-8-15-29)28(31-3)32(27)26-11-9-10-25(30)23(26)19-34/h9-13,17,19-21,33H,4-8,14-16,18H2,1-3H3. The number of carbonyl (C=O) groups excluding carboxylic acids is 1. The lowest BCUT2D eigenvalue weighted by atomic mass is 9.69. The molecule has 1 heterocycles. The quantitative estimate of drug-likeness (QED) is 0.399. The Labute approximate surface area is 209 Å². The molecule has 1 aliphatic heterocycles. The maximum atomic E-state index is 12.1. The van der Waals surface area contributed by atoms with E-state index in [2.05, 4.69) is 36.9 Å². The lowest BCUT2D eigenvalue weighted by molar-refractivity contribution is 0.112. The van der Waals surface area contributed by atoms with Crippen LogP contribution in [0, 0.1) is 5.92 Å². The van der Waals surface area contributed by atoms with Crippen molar-refractivity contribution < 1.29 is 9.90 Å². The summed E-state index contributed by atoms with van der Waals surface area (Å²) in [6, 6.07) is 12.5. The Kier molecular flexibility index (Phi) is 7.79. The van der Waals surface area contributed by atoms with Crippen LogP contribution in [0.3, 0.4) is 0 Å². The molecule has 2 unspecified atom stereocenters. The number of anilines is 2. The second-order valence-electron chi connectivity index (χ2n) is 9.89. The van der Waals surface area contributed by atoms with Crippen molar-refractivity contribution in [3.8, 4) is 0 Å². The van der Waals surface area contributed by atoms with Crippen LogP contribution < -0.4 is 4.90 Å². The third-order valence-corrected chi connectivity index (χ3v) is 8.47. The van der Waals surface area contributed by atoms with Crippen LogP contribution in [0.2, 0.25) is 5.02 Å². The summed E-state index contributed by atoms with van der Waals surface area (Å²) >= 11 is 6.45. The molecule has 0 radical (unpaired) electrons. The summed E-state index contributed by atoms with van der Waals surface area (Å²) in [5.74, 6) is 1.77. The van der Waals surface area contributed by atoms with Gasteiger partial charge in [0, 0.05) is 13.7 Å². The van der Waals surface area contributed by atoms with Crippen LogP contribution >= 0.6 is 11.6 Å². The van der Waals surface area contributed by atoms with Crippen LogP contribution in [0.1, 0.15) is 92.6 Å². The molecule has 1 aliphatic carbocycles. The van der Waals surface area contributed by atoms with Crippen molar-refractivity contribution in [2.24, 2.45) is 10.9 Å². The van der Waals surface area contributed by atoms with E-state index in [-0.39, 0.29) is 12.0 Å². The number of hydrogen-bond acceptors (Lipinski definition) is 3. The van der Waals surface area contributed by atoms with Gasteiger partial charge in [0.05, 0.1) is 27.4 Å². The first kappa shape index (κ1) is 24.9. The summed E-state index contributed by atoms with van der Waals surface area (Å²) in [5, 5.41) is 10.3. The maximum Gasteiger partial charge on any atom is 0.153 e. The topological polar surface area (TPSA) is 52.9 Å². The van der Waals surface area contributed by atoms with Gasteiger partial charge in [-0.1, -0.05) is 69.3 Å². The minimum absolute atomic E-state index is 0.139. The first-order valence-electron chi connectivity index (χ1n) is 12.8. The third-order valence-electron chi connectivity index (χ3n) is 8.14. The van der Waals surface area contributed by atoms with Gasteiger partial charge in [0.25, 0.3) is 0 Å². The number of fused-ring (bicyclic) bond motifs is 2. The van der Waals surface area contributed by atoms with E-state index in [9.17, 15) is 9.90 Å². The van der Waals surface area contributed by atoms with Gasteiger partial charge >= 0.3 is 0 Å². The van der Waals surface area contributed by atoms with Crippen LogP contribution in [-0.4, -0.2) is 30.9 Å². The zero-order valence-electron chi connectivity index (χ0n) is 20.7. The first-order valence-corrected chi connectivity index (χ1v) is 13.2. The van der Waals surface area contributed by atoms with Crippen LogP contribution in [0.4, 0.5) is 11.4 Å². The summed E-state index contributed by atoms with van der Waals surface area (Å²) < 4.78 is 0. The fourth-order valence-corrected chi connectivity index (χ4v) is 6.40. The molecule has 1 N–H and O–H groups in total. The zero-order valence-corrected chi connectivity index (χ0v) is 21.4. The number of nitrogens with zero attached hydrogens (tertiary/aromatic N) is 2. The second-order valence-corrected chi connectivity index (χ2v) is 10.3. The Bertz CT molecular complexity index is 1050. The van der Waals surface area contributed by atoms with E-state index >= 15 is 0 Å². The summed E-state index contributed by atoms with van der Waals surface area (Å²) in [6.07, 6.45) is 9.61. The Hall–Kier alpha value is -2.17. The van der Waals surface area contributed by atoms with Gasteiger partial charge in [-0.25, -0.2) is 0 Å². The van der Waals surface area contributed by atoms with Gasteiger partial charge in [0.2, 0.25) is 0 Å². The normalized spacial score (nSPS) is 19.9. The van der Waals surface area contributed by atoms with Gasteiger partial charge in [-0.2, -0.15) is 0 Å². The number of aliphatic hydroxyl groups is 1. The third kappa shape index (κ3) is 4.20. The van der Waals surface area contributed by atoms with E-state index in [0.29, 0.717) is 22.4 Å². The number of carbonyl (C=O) groups is 1. The van der Waals surface area contributed by atoms with Gasteiger partial charge in [-0.05, 0) is 66.8 Å². The molecule has 4 rings (SSSR count). The molecule has 34 heavy (non-hydrogen) atoms. The molecule has 0 saturated heterocycles. The predicted molar refractivity (Wildman–Crippen MR) is 142 cm³/mol. The smallest absolute Gasteiger partial charge is 0.153 e. The molecular formula is C29H37ClN2O2. The van der Waals surface area contributed by atoms with Crippen molar-refractivity contribution >= 4 is 35.1 Å². The molecule has 5 heteroatoms. The van der Waals surface area contributed by atoms with Crippen molar-refractivity contribution in [2.75, 3.05) is 18.6 Å². The monoisotopic (exact) mass is 480 g/mol. The van der Waals surface area contributed by atoms with E-state index in [4.69, 9.17) is 16.6 Å². The van der Waals surface area contributed by atoms with E-state index < -0.39 is 0 Å². The lowest BCUT2D eigenvalue weighted by Crippen LogP contribution is -2.40. The number of amidine groups is 1. The molecule has 1 fully saturated rings. The SMILES string of the molecule is CCC(CO)CC(CC)c1ccc2c(c1)C1(CCCCC1)C(=NC)N2c1cccc(Cl)c1C=O. The average Bonchev–Trinajstić information content (AvgIpc) is 3.13. The molecular weight excluding hydrogens is 444 g/mol. The highest BCUT2D eigenvalue weighted by Gasteiger charge is 2.50. The number of rotatable bonds is 8. The van der Waals surface area contributed by atoms with Crippen molar-refractivity contribution in [3.05, 3.63) is 58.1 Å². The predicted octanol–water partition coefficient (Wildman–Crippen LogP) is 7.44. The highest BCUT2D eigenvalue weighted by molar-refractivity contribution is 6.34. The first-order chi connectivity index (χ1) is 16.5. The van der Waals surface area contributed by atoms with Crippen molar-refractivity contribution in [2.45, 2.75) is 76.5 Å². The van der Waals surface area contributed by atoms with E-state index in [1.54, 1.807) is 6.07 Å². The maximum absolute atomic E-state index is 12.1. The number of hydrogen-bond donors (Lipinski definition) is 1. The van der Waals surface area contributed by atoms with E-state index in [0.717, 1.165) is 55.6 Å². The van der Waals surface area contributed by atoms with Gasteiger partial charge < -0.3 is 5.11 Å². The number of halogens is 1. The van der Waals surface area contributed by atoms with Crippen LogP contribution in [0.15, 0.2) is 41.4 Å². The summed E-state index contributed by atoms with van der Waals surface area (Å²) in [4.78, 5) is 19.1. The lowest BCUT2D eigenvalue weighted by Gasteiger charge is -2.36. The second kappa shape index (κ2) is 10.6. The molecule has 2 atom stereocenters. The summed E-state index contributed by atoms with van der Waals surface area (Å²) in [7, 11) is 1.87. The Morgan fingerprint density at radius 2 is 1.88 bits per heavy atom. The Morgan fingerprint density at radius 3 is 2.50 bits per heavy atom. The minimum Gasteiger partial charge on any atom is -0.396 e. The molecule has 0 amide bonds. The molecule has 182 valence electrons. The van der Waals surface area contributed by atoms with Gasteiger partial charge in [-0.3, -0.25) is 14.7 Å². The largest absolute Gasteiger partial charge is 0.396 e. The molecule has 4 nitrogen and oxygen atoms in total. The highest BCUT2D eigenvalue weighted by atomic mass is 35.5. The van der Waals surface area contributed by atoms with Crippen molar-refractivity contribution in [3.63, 3.8) is 0 Å². The molecule has 2 aromatic carbocycles. The van der Waals surface area contributed by atoms with E-state index in [1.807, 2.05) is 19.2 Å². The number of benzene rings is 2. The van der Waals surface area contributed by atoms with E-state index in [1.165, 1.54) is 30.4 Å². The molecule has 0 bridgehead atoms. The average molecular weight is 481 g/mol. The minimum atomic E-state index is -0.139. The fraction of sp³-hybridized carbons (Fsp3) is 0.517. The van der Waals surface area contributed by atoms with Crippen LogP contribution in [-0.2, 0) is 5.41 Å². The Balaban J connectivity index is 1.88. The molecule has 1 spiro atoms. The zero-order chi connectivity index (χ0) is 24.3. The van der Waals surface area contributed by atoms with Gasteiger partial charge in [0.1, 0.15) is 5.84 Å². The number of aliphatic hydroxyl groups excluding tert-OH is 1. The summed E-state index contributed by atoms with van der Waals surface area (Å²) in [5.41, 5.74) is 4.96.